The highest BCUT2D eigenvalue weighted by Crippen LogP contribution is 2.44. The van der Waals surface area contributed by atoms with Crippen molar-refractivity contribution in [3.05, 3.63) is 59.7 Å². The van der Waals surface area contributed by atoms with Crippen molar-refractivity contribution in [3.63, 3.8) is 0 Å². The summed E-state index contributed by atoms with van der Waals surface area (Å²) in [4.78, 5) is 35.3. The second-order valence-corrected chi connectivity index (χ2v) is 7.79. The SMILES string of the molecule is CCCC(CNC(=O)OCC1c2ccccc2-c2ccccc21)C(=O)NCC(O)C(=O)O. The third-order valence-electron chi connectivity index (χ3n) is 5.60. The zero-order chi connectivity index (χ0) is 23.1. The minimum atomic E-state index is -1.67. The Hall–Kier alpha value is -3.39. The third kappa shape index (κ3) is 5.45. The predicted molar refractivity (Wildman–Crippen MR) is 118 cm³/mol. The van der Waals surface area contributed by atoms with Crippen LogP contribution in [0.15, 0.2) is 48.5 Å². The van der Waals surface area contributed by atoms with Gasteiger partial charge >= 0.3 is 12.1 Å². The van der Waals surface area contributed by atoms with E-state index in [1.807, 2.05) is 43.3 Å². The Bertz CT molecular complexity index is 931. The van der Waals surface area contributed by atoms with Crippen LogP contribution in [0.25, 0.3) is 11.1 Å². The highest BCUT2D eigenvalue weighted by molar-refractivity contribution is 5.81. The molecule has 0 saturated heterocycles. The number of amides is 2. The first-order valence-electron chi connectivity index (χ1n) is 10.7. The van der Waals surface area contributed by atoms with Gasteiger partial charge in [-0.15, -0.1) is 0 Å². The molecule has 2 amide bonds. The van der Waals surface area contributed by atoms with Crippen LogP contribution in [0, 0.1) is 5.92 Å². The van der Waals surface area contributed by atoms with Gasteiger partial charge in [0.15, 0.2) is 6.10 Å². The quantitative estimate of drug-likeness (QED) is 0.450. The Kier molecular flexibility index (Phi) is 7.83. The van der Waals surface area contributed by atoms with Crippen molar-refractivity contribution in [1.82, 2.24) is 10.6 Å². The van der Waals surface area contributed by atoms with E-state index in [0.29, 0.717) is 12.8 Å². The molecule has 0 heterocycles. The lowest BCUT2D eigenvalue weighted by Crippen LogP contribution is -2.43. The van der Waals surface area contributed by atoms with Crippen LogP contribution in [-0.2, 0) is 14.3 Å². The predicted octanol–water partition coefficient (Wildman–Crippen LogP) is 2.50. The van der Waals surface area contributed by atoms with Gasteiger partial charge < -0.3 is 25.6 Å². The molecule has 1 aliphatic rings. The van der Waals surface area contributed by atoms with Crippen molar-refractivity contribution in [2.24, 2.45) is 5.92 Å². The number of carbonyl (C=O) groups excluding carboxylic acids is 2. The van der Waals surface area contributed by atoms with Crippen LogP contribution in [0.4, 0.5) is 4.79 Å². The Morgan fingerprint density at radius 1 is 0.969 bits per heavy atom. The standard InChI is InChI=1S/C24H28N2O6/c1-2-7-15(22(28)25-13-21(27)23(29)30)12-26-24(31)32-14-20-18-10-5-3-8-16(18)17-9-4-6-11-19(17)20/h3-6,8-11,15,20-21,27H,2,7,12-14H2,1H3,(H,25,28)(H,26,31)(H,29,30). The molecule has 2 unspecified atom stereocenters. The molecule has 4 N–H and O–H groups in total. The van der Waals surface area contributed by atoms with Gasteiger partial charge in [-0.1, -0.05) is 61.9 Å². The fourth-order valence-electron chi connectivity index (χ4n) is 3.96. The summed E-state index contributed by atoms with van der Waals surface area (Å²) in [6.07, 6.45) is -1.09. The maximum Gasteiger partial charge on any atom is 0.407 e. The van der Waals surface area contributed by atoms with Crippen molar-refractivity contribution in [3.8, 4) is 11.1 Å². The number of aliphatic hydroxyl groups excluding tert-OH is 1. The van der Waals surface area contributed by atoms with Gasteiger partial charge in [-0.25, -0.2) is 9.59 Å². The van der Waals surface area contributed by atoms with Gasteiger partial charge in [0.2, 0.25) is 5.91 Å². The van der Waals surface area contributed by atoms with Crippen molar-refractivity contribution >= 4 is 18.0 Å². The molecule has 0 aromatic heterocycles. The van der Waals surface area contributed by atoms with Crippen LogP contribution < -0.4 is 10.6 Å². The van der Waals surface area contributed by atoms with E-state index >= 15 is 0 Å². The average molecular weight is 440 g/mol. The molecule has 0 saturated carbocycles. The molecular weight excluding hydrogens is 412 g/mol. The Morgan fingerprint density at radius 3 is 2.12 bits per heavy atom. The van der Waals surface area contributed by atoms with Crippen LogP contribution in [0.2, 0.25) is 0 Å². The number of fused-ring (bicyclic) bond motifs is 3. The second kappa shape index (κ2) is 10.8. The smallest absolute Gasteiger partial charge is 0.407 e. The molecule has 0 aliphatic heterocycles. The summed E-state index contributed by atoms with van der Waals surface area (Å²) in [5.74, 6) is -2.44. The number of nitrogens with one attached hydrogen (secondary N) is 2. The fraction of sp³-hybridized carbons (Fsp3) is 0.375. The van der Waals surface area contributed by atoms with Gasteiger partial charge in [0.25, 0.3) is 0 Å². The monoisotopic (exact) mass is 440 g/mol. The highest BCUT2D eigenvalue weighted by Gasteiger charge is 2.29. The summed E-state index contributed by atoms with van der Waals surface area (Å²) >= 11 is 0. The molecule has 2 atom stereocenters. The normalized spacial score (nSPS) is 14.1. The van der Waals surface area contributed by atoms with Gasteiger partial charge in [0.05, 0.1) is 12.5 Å². The lowest BCUT2D eigenvalue weighted by molar-refractivity contribution is -0.146. The first-order chi connectivity index (χ1) is 15.4. The number of hydrogen-bond donors (Lipinski definition) is 4. The summed E-state index contributed by atoms with van der Waals surface area (Å²) in [5.41, 5.74) is 4.50. The van der Waals surface area contributed by atoms with E-state index in [4.69, 9.17) is 9.84 Å². The Morgan fingerprint density at radius 2 is 1.56 bits per heavy atom. The second-order valence-electron chi connectivity index (χ2n) is 7.79. The molecule has 2 aromatic rings. The van der Waals surface area contributed by atoms with Gasteiger partial charge in [0.1, 0.15) is 6.61 Å². The molecule has 0 radical (unpaired) electrons. The van der Waals surface area contributed by atoms with Crippen LogP contribution in [-0.4, -0.2) is 54.0 Å². The van der Waals surface area contributed by atoms with Crippen molar-refractivity contribution < 1.29 is 29.3 Å². The summed E-state index contributed by atoms with van der Waals surface area (Å²) in [7, 11) is 0. The number of rotatable bonds is 10. The van der Waals surface area contributed by atoms with Gasteiger partial charge in [-0.2, -0.15) is 0 Å². The van der Waals surface area contributed by atoms with Crippen molar-refractivity contribution in [1.29, 1.82) is 0 Å². The molecule has 0 bridgehead atoms. The zero-order valence-electron chi connectivity index (χ0n) is 17.9. The molecule has 8 heteroatoms. The number of ether oxygens (including phenoxy) is 1. The minimum Gasteiger partial charge on any atom is -0.479 e. The number of carboxylic acids is 1. The van der Waals surface area contributed by atoms with Gasteiger partial charge in [0, 0.05) is 12.5 Å². The number of alkyl carbamates (subject to hydrolysis) is 1. The van der Waals surface area contributed by atoms with E-state index in [0.717, 1.165) is 22.3 Å². The van der Waals surface area contributed by atoms with Crippen molar-refractivity contribution in [2.45, 2.75) is 31.8 Å². The molecule has 170 valence electrons. The summed E-state index contributed by atoms with van der Waals surface area (Å²) in [6.45, 7) is 1.74. The molecule has 0 spiro atoms. The average Bonchev–Trinajstić information content (AvgIpc) is 3.12. The Balaban J connectivity index is 1.54. The topological polar surface area (TPSA) is 125 Å². The summed E-state index contributed by atoms with van der Waals surface area (Å²) < 4.78 is 5.48. The van der Waals surface area contributed by atoms with Crippen molar-refractivity contribution in [2.75, 3.05) is 19.7 Å². The molecule has 32 heavy (non-hydrogen) atoms. The zero-order valence-corrected chi connectivity index (χ0v) is 17.9. The molecule has 0 fully saturated rings. The molecular formula is C24H28N2O6. The number of hydrogen-bond acceptors (Lipinski definition) is 5. The third-order valence-corrected chi connectivity index (χ3v) is 5.60. The minimum absolute atomic E-state index is 0.0551. The molecule has 1 aliphatic carbocycles. The van der Waals surface area contributed by atoms with E-state index in [1.165, 1.54) is 0 Å². The van der Waals surface area contributed by atoms with E-state index in [-0.39, 0.29) is 25.6 Å². The fourth-order valence-corrected chi connectivity index (χ4v) is 3.96. The van der Waals surface area contributed by atoms with Crippen LogP contribution in [0.1, 0.15) is 36.8 Å². The summed E-state index contributed by atoms with van der Waals surface area (Å²) in [6, 6.07) is 16.1. The first kappa shape index (κ1) is 23.3. The van der Waals surface area contributed by atoms with Crippen LogP contribution in [0.3, 0.4) is 0 Å². The first-order valence-corrected chi connectivity index (χ1v) is 10.7. The number of aliphatic carboxylic acids is 1. The van der Waals surface area contributed by atoms with E-state index in [9.17, 15) is 19.5 Å². The van der Waals surface area contributed by atoms with Gasteiger partial charge in [-0.05, 0) is 28.7 Å². The highest BCUT2D eigenvalue weighted by atomic mass is 16.5. The van der Waals surface area contributed by atoms with E-state index < -0.39 is 30.0 Å². The van der Waals surface area contributed by atoms with Gasteiger partial charge in [-0.3, -0.25) is 4.79 Å². The Labute approximate surface area is 186 Å². The van der Waals surface area contributed by atoms with E-state index in [1.54, 1.807) is 0 Å². The number of benzene rings is 2. The molecule has 8 nitrogen and oxygen atoms in total. The number of carbonyl (C=O) groups is 3. The lowest BCUT2D eigenvalue weighted by Gasteiger charge is -2.18. The maximum atomic E-state index is 12.3. The molecule has 3 rings (SSSR count). The number of carboxylic acid groups (broad SMARTS) is 1. The van der Waals surface area contributed by atoms with Crippen LogP contribution >= 0.6 is 0 Å². The van der Waals surface area contributed by atoms with Crippen LogP contribution in [0.5, 0.6) is 0 Å². The summed E-state index contributed by atoms with van der Waals surface area (Å²) in [5, 5.41) is 23.1. The molecule has 2 aromatic carbocycles. The number of aliphatic hydroxyl groups is 1. The maximum absolute atomic E-state index is 12.3. The largest absolute Gasteiger partial charge is 0.479 e. The lowest BCUT2D eigenvalue weighted by atomic mass is 9.98. The van der Waals surface area contributed by atoms with E-state index in [2.05, 4.69) is 22.8 Å².